The molecule has 5 heteroatoms. The van der Waals surface area contributed by atoms with Gasteiger partial charge >= 0.3 is 0 Å². The monoisotopic (exact) mass is 340 g/mol. The lowest BCUT2D eigenvalue weighted by atomic mass is 9.73. The molecule has 1 aliphatic carbocycles. The molecule has 0 aromatic heterocycles. The fraction of sp³-hybridized carbons (Fsp3) is 0.647. The molecule has 1 spiro atoms. The fourth-order valence-corrected chi connectivity index (χ4v) is 4.79. The molecule has 2 N–H and O–H groups in total. The van der Waals surface area contributed by atoms with Crippen LogP contribution in [0.2, 0.25) is 5.02 Å². The van der Waals surface area contributed by atoms with Crippen LogP contribution in [0.3, 0.4) is 0 Å². The maximum absolute atomic E-state index is 12.7. The van der Waals surface area contributed by atoms with Gasteiger partial charge in [0.1, 0.15) is 0 Å². The van der Waals surface area contributed by atoms with Crippen LogP contribution in [0.25, 0.3) is 0 Å². The van der Waals surface area contributed by atoms with Gasteiger partial charge in [-0.2, -0.15) is 0 Å². The zero-order valence-electron chi connectivity index (χ0n) is 13.5. The molecule has 1 fully saturated rings. The van der Waals surface area contributed by atoms with Crippen LogP contribution in [-0.2, 0) is 17.4 Å². The van der Waals surface area contributed by atoms with E-state index in [4.69, 9.17) is 11.6 Å². The normalized spacial score (nSPS) is 25.2. The van der Waals surface area contributed by atoms with E-state index < -0.39 is 11.0 Å². The maximum Gasteiger partial charge on any atom is 0.0976 e. The van der Waals surface area contributed by atoms with E-state index in [2.05, 4.69) is 22.2 Å². The van der Waals surface area contributed by atoms with E-state index in [0.717, 1.165) is 37.4 Å². The third kappa shape index (κ3) is 2.99. The average molecular weight is 341 g/mol. The van der Waals surface area contributed by atoms with E-state index in [9.17, 15) is 4.21 Å². The smallest absolute Gasteiger partial charge is 0.0976 e. The van der Waals surface area contributed by atoms with E-state index in [1.807, 2.05) is 26.8 Å². The molecule has 1 aromatic carbocycles. The molecule has 22 heavy (non-hydrogen) atoms. The van der Waals surface area contributed by atoms with Crippen molar-refractivity contribution in [2.24, 2.45) is 5.41 Å². The van der Waals surface area contributed by atoms with Gasteiger partial charge in [-0.15, -0.1) is 0 Å². The third-order valence-corrected chi connectivity index (χ3v) is 6.75. The minimum Gasteiger partial charge on any atom is -0.317 e. The molecule has 0 bridgehead atoms. The largest absolute Gasteiger partial charge is 0.317 e. The number of benzene rings is 1. The van der Waals surface area contributed by atoms with Crippen LogP contribution in [-0.4, -0.2) is 22.0 Å². The highest BCUT2D eigenvalue weighted by Crippen LogP contribution is 2.51. The van der Waals surface area contributed by atoms with Gasteiger partial charge in [-0.3, -0.25) is 0 Å². The number of hydrogen-bond acceptors (Lipinski definition) is 2. The highest BCUT2D eigenvalue weighted by atomic mass is 35.5. The lowest BCUT2D eigenvalue weighted by molar-refractivity contribution is 0.165. The summed E-state index contributed by atoms with van der Waals surface area (Å²) >= 11 is 6.23. The van der Waals surface area contributed by atoms with E-state index in [-0.39, 0.29) is 16.2 Å². The molecule has 2 atom stereocenters. The Morgan fingerprint density at radius 3 is 2.64 bits per heavy atom. The molecule has 0 radical (unpaired) electrons. The molecule has 1 saturated heterocycles. The third-order valence-electron chi connectivity index (χ3n) is 4.95. The lowest BCUT2D eigenvalue weighted by Crippen LogP contribution is -2.46. The Bertz CT molecular complexity index is 591. The maximum atomic E-state index is 12.7. The molecule has 1 aliphatic heterocycles. The van der Waals surface area contributed by atoms with Crippen molar-refractivity contribution < 1.29 is 4.21 Å². The summed E-state index contributed by atoms with van der Waals surface area (Å²) < 4.78 is 15.9. The Morgan fingerprint density at radius 2 is 2.00 bits per heavy atom. The SMILES string of the molecule is CC(C)(C)[S@@](=O)NC1c2cc(Cl)ccc2CC12CCNCC2. The van der Waals surface area contributed by atoms with Crippen molar-refractivity contribution in [2.75, 3.05) is 13.1 Å². The van der Waals surface area contributed by atoms with E-state index >= 15 is 0 Å². The van der Waals surface area contributed by atoms with Gasteiger partial charge in [0.05, 0.1) is 21.8 Å². The first-order valence-electron chi connectivity index (χ1n) is 7.99. The average Bonchev–Trinajstić information content (AvgIpc) is 2.72. The lowest BCUT2D eigenvalue weighted by Gasteiger charge is -2.40. The molecular weight excluding hydrogens is 316 g/mol. The van der Waals surface area contributed by atoms with Crippen molar-refractivity contribution in [3.8, 4) is 0 Å². The highest BCUT2D eigenvalue weighted by Gasteiger charge is 2.47. The summed E-state index contributed by atoms with van der Waals surface area (Å²) in [6, 6.07) is 6.30. The summed E-state index contributed by atoms with van der Waals surface area (Å²) in [4.78, 5) is 0. The standard InChI is InChI=1S/C17H25ClN2OS/c1-16(2,3)22(21)20-15-14-10-13(18)5-4-12(14)11-17(15)6-8-19-9-7-17/h4-5,10,15,19-20H,6-9,11H2,1-3H3/t15?,22-/m1/s1. The molecular formula is C17H25ClN2OS. The Hall–Kier alpha value is -0.420. The van der Waals surface area contributed by atoms with Gasteiger partial charge in [0.25, 0.3) is 0 Å². The first-order chi connectivity index (χ1) is 10.3. The Labute approximate surface area is 140 Å². The molecule has 2 aliphatic rings. The quantitative estimate of drug-likeness (QED) is 0.866. The van der Waals surface area contributed by atoms with Gasteiger partial charge in [-0.1, -0.05) is 17.7 Å². The van der Waals surface area contributed by atoms with Crippen LogP contribution < -0.4 is 10.0 Å². The molecule has 0 saturated carbocycles. The van der Waals surface area contributed by atoms with Crippen LogP contribution in [0.5, 0.6) is 0 Å². The van der Waals surface area contributed by atoms with Crippen molar-refractivity contribution in [2.45, 2.75) is 50.8 Å². The second-order valence-electron chi connectivity index (χ2n) is 7.56. The van der Waals surface area contributed by atoms with Crippen molar-refractivity contribution in [3.05, 3.63) is 34.3 Å². The zero-order valence-corrected chi connectivity index (χ0v) is 15.1. The topological polar surface area (TPSA) is 41.1 Å². The zero-order chi connectivity index (χ0) is 16.0. The molecule has 0 amide bonds. The van der Waals surface area contributed by atoms with Crippen molar-refractivity contribution in [1.82, 2.24) is 10.0 Å². The molecule has 3 rings (SSSR count). The van der Waals surface area contributed by atoms with Gasteiger partial charge < -0.3 is 5.32 Å². The molecule has 1 heterocycles. The number of nitrogens with one attached hydrogen (secondary N) is 2. The van der Waals surface area contributed by atoms with Crippen LogP contribution >= 0.6 is 11.6 Å². The second kappa shape index (κ2) is 5.90. The number of fused-ring (bicyclic) bond motifs is 1. The Balaban J connectivity index is 1.97. The number of halogens is 1. The van der Waals surface area contributed by atoms with Crippen molar-refractivity contribution >= 4 is 22.6 Å². The first-order valence-corrected chi connectivity index (χ1v) is 9.52. The molecule has 122 valence electrons. The summed E-state index contributed by atoms with van der Waals surface area (Å²) in [5, 5.41) is 4.21. The van der Waals surface area contributed by atoms with Crippen LogP contribution in [0.15, 0.2) is 18.2 Å². The van der Waals surface area contributed by atoms with E-state index in [1.54, 1.807) is 0 Å². The van der Waals surface area contributed by atoms with Crippen LogP contribution in [0.1, 0.15) is 50.8 Å². The number of rotatable bonds is 2. The first kappa shape index (κ1) is 16.4. The van der Waals surface area contributed by atoms with Gasteiger partial charge in [0, 0.05) is 5.02 Å². The van der Waals surface area contributed by atoms with Gasteiger partial charge in [0.15, 0.2) is 0 Å². The summed E-state index contributed by atoms with van der Waals surface area (Å²) in [5.74, 6) is 0. The summed E-state index contributed by atoms with van der Waals surface area (Å²) in [6.07, 6.45) is 3.27. The van der Waals surface area contributed by atoms with Crippen LogP contribution in [0.4, 0.5) is 0 Å². The fourth-order valence-electron chi connectivity index (χ4n) is 3.67. The van der Waals surface area contributed by atoms with Crippen molar-refractivity contribution in [1.29, 1.82) is 0 Å². The minimum absolute atomic E-state index is 0.128. The Morgan fingerprint density at radius 1 is 1.32 bits per heavy atom. The van der Waals surface area contributed by atoms with E-state index in [0.29, 0.717) is 0 Å². The van der Waals surface area contributed by atoms with Gasteiger partial charge in [-0.05, 0) is 81.8 Å². The van der Waals surface area contributed by atoms with Crippen molar-refractivity contribution in [3.63, 3.8) is 0 Å². The number of hydrogen-bond donors (Lipinski definition) is 2. The predicted octanol–water partition coefficient (Wildman–Crippen LogP) is 3.36. The van der Waals surface area contributed by atoms with Gasteiger partial charge in [0.2, 0.25) is 0 Å². The van der Waals surface area contributed by atoms with Crippen LogP contribution in [0, 0.1) is 5.41 Å². The second-order valence-corrected chi connectivity index (χ2v) is 10.00. The molecule has 3 nitrogen and oxygen atoms in total. The van der Waals surface area contributed by atoms with E-state index in [1.165, 1.54) is 11.1 Å². The highest BCUT2D eigenvalue weighted by molar-refractivity contribution is 7.84. The van der Waals surface area contributed by atoms with Gasteiger partial charge in [-0.25, -0.2) is 8.93 Å². The summed E-state index contributed by atoms with van der Waals surface area (Å²) in [5.41, 5.74) is 2.76. The summed E-state index contributed by atoms with van der Waals surface area (Å²) in [7, 11) is -1.08. The Kier molecular flexibility index (Phi) is 4.41. The molecule has 1 unspecified atom stereocenters. The molecule has 1 aromatic rings. The number of piperidine rings is 1. The predicted molar refractivity (Wildman–Crippen MR) is 93.5 cm³/mol. The summed E-state index contributed by atoms with van der Waals surface area (Å²) in [6.45, 7) is 8.10. The minimum atomic E-state index is -1.08.